The van der Waals surface area contributed by atoms with Crippen molar-refractivity contribution in [2.45, 2.75) is 52.1 Å². The normalized spacial score (nSPS) is 16.2. The molecule has 0 saturated carbocycles. The number of carbonyl (C=O) groups excluding carboxylic acids is 1. The van der Waals surface area contributed by atoms with Crippen molar-refractivity contribution in [3.8, 4) is 11.5 Å². The van der Waals surface area contributed by atoms with Crippen molar-refractivity contribution in [2.75, 3.05) is 52.5 Å². The van der Waals surface area contributed by atoms with Gasteiger partial charge in [-0.25, -0.2) is 4.79 Å². The molecule has 4 aromatic rings. The van der Waals surface area contributed by atoms with Crippen molar-refractivity contribution in [3.63, 3.8) is 0 Å². The molecule has 0 aliphatic carbocycles. The van der Waals surface area contributed by atoms with Gasteiger partial charge in [-0.3, -0.25) is 14.4 Å². The van der Waals surface area contributed by atoms with E-state index in [0.29, 0.717) is 6.61 Å². The second kappa shape index (κ2) is 13.4. The number of nitrogens with one attached hydrogen (secondary N) is 1. The molecule has 0 amide bonds. The van der Waals surface area contributed by atoms with Crippen molar-refractivity contribution in [3.05, 3.63) is 60.9 Å². The van der Waals surface area contributed by atoms with Gasteiger partial charge in [0.1, 0.15) is 30.3 Å². The molecule has 4 heterocycles. The summed E-state index contributed by atoms with van der Waals surface area (Å²) in [5.74, 6) is 1.80. The van der Waals surface area contributed by atoms with Crippen molar-refractivity contribution in [2.24, 2.45) is 0 Å². The van der Waals surface area contributed by atoms with E-state index >= 15 is 0 Å². The minimum Gasteiger partial charge on any atom is -0.492 e. The minimum atomic E-state index is -0.516. The Labute approximate surface area is 243 Å². The molecule has 0 spiro atoms. The zero-order valence-electron chi connectivity index (χ0n) is 24.7. The van der Waals surface area contributed by atoms with Crippen LogP contribution in [0.2, 0.25) is 0 Å². The molecule has 41 heavy (non-hydrogen) atoms. The van der Waals surface area contributed by atoms with E-state index in [4.69, 9.17) is 14.2 Å². The second-order valence-electron chi connectivity index (χ2n) is 11.8. The Kier molecular flexibility index (Phi) is 9.52. The van der Waals surface area contributed by atoms with E-state index in [-0.39, 0.29) is 6.09 Å². The monoisotopic (exact) mass is 560 g/mol. The fourth-order valence-electron chi connectivity index (χ4n) is 5.50. The van der Waals surface area contributed by atoms with Crippen LogP contribution in [-0.2, 0) is 4.74 Å². The van der Waals surface area contributed by atoms with Gasteiger partial charge >= 0.3 is 6.09 Å². The lowest BCUT2D eigenvalue weighted by atomic mass is 10.2. The molecule has 8 nitrogen and oxygen atoms in total. The standard InChI is InChI=1S/C19H26N2O3.C14H18N2O/c1-19(2,3)24-18(22)21-12-9-15-16(21)7-6-8-17(15)23-14-13-20-10-4-5-11-20;1-2-9-16(8-1)10-11-17-14-5-3-4-13-12(14)6-7-15-13/h6-9,12H,4-5,10-11,13-14H2,1-3H3;3-7,15H,1-2,8-11H2. The summed E-state index contributed by atoms with van der Waals surface area (Å²) < 4.78 is 18.8. The molecule has 2 aromatic heterocycles. The van der Waals surface area contributed by atoms with E-state index in [2.05, 4.69) is 26.9 Å². The predicted molar refractivity (Wildman–Crippen MR) is 164 cm³/mol. The Morgan fingerprint density at radius 3 is 1.98 bits per heavy atom. The maximum absolute atomic E-state index is 12.3. The quantitative estimate of drug-likeness (QED) is 0.264. The first-order valence-electron chi connectivity index (χ1n) is 15.0. The van der Waals surface area contributed by atoms with Gasteiger partial charge in [0.2, 0.25) is 0 Å². The van der Waals surface area contributed by atoms with Crippen LogP contribution >= 0.6 is 0 Å². The lowest BCUT2D eigenvalue weighted by Gasteiger charge is -2.20. The average molecular weight is 561 g/mol. The molecular weight excluding hydrogens is 516 g/mol. The molecule has 2 saturated heterocycles. The number of benzene rings is 2. The molecule has 0 atom stereocenters. The number of nitrogens with zero attached hydrogens (tertiary/aromatic N) is 3. The van der Waals surface area contributed by atoms with Crippen molar-refractivity contribution in [1.82, 2.24) is 19.4 Å². The van der Waals surface area contributed by atoms with Gasteiger partial charge in [0, 0.05) is 41.8 Å². The van der Waals surface area contributed by atoms with Crippen LogP contribution in [-0.4, -0.2) is 83.5 Å². The van der Waals surface area contributed by atoms with Crippen LogP contribution in [0.5, 0.6) is 11.5 Å². The van der Waals surface area contributed by atoms with E-state index in [0.717, 1.165) is 47.6 Å². The smallest absolute Gasteiger partial charge is 0.418 e. The summed E-state index contributed by atoms with van der Waals surface area (Å²) in [5, 5.41) is 2.11. The van der Waals surface area contributed by atoms with Gasteiger partial charge in [-0.15, -0.1) is 0 Å². The van der Waals surface area contributed by atoms with Crippen LogP contribution in [0.15, 0.2) is 60.9 Å². The molecule has 1 N–H and O–H groups in total. The third kappa shape index (κ3) is 7.83. The topological polar surface area (TPSA) is 72.0 Å². The van der Waals surface area contributed by atoms with E-state index in [1.165, 1.54) is 61.8 Å². The number of hydrogen-bond donors (Lipinski definition) is 1. The molecule has 8 heteroatoms. The Hall–Kier alpha value is -3.49. The molecule has 6 rings (SSSR count). The van der Waals surface area contributed by atoms with E-state index in [9.17, 15) is 4.79 Å². The summed E-state index contributed by atoms with van der Waals surface area (Å²) in [7, 11) is 0. The van der Waals surface area contributed by atoms with Gasteiger partial charge in [-0.1, -0.05) is 12.1 Å². The highest BCUT2D eigenvalue weighted by atomic mass is 16.6. The number of hydrogen-bond acceptors (Lipinski definition) is 6. The second-order valence-corrected chi connectivity index (χ2v) is 11.8. The molecular formula is C33H44N4O4. The first-order valence-corrected chi connectivity index (χ1v) is 15.0. The van der Waals surface area contributed by atoms with Crippen molar-refractivity contribution >= 4 is 27.9 Å². The minimum absolute atomic E-state index is 0.369. The van der Waals surface area contributed by atoms with Gasteiger partial charge in [-0.2, -0.15) is 0 Å². The summed E-state index contributed by atoms with van der Waals surface area (Å²) in [4.78, 5) is 20.4. The zero-order chi connectivity index (χ0) is 28.7. The third-order valence-electron chi connectivity index (χ3n) is 7.57. The zero-order valence-corrected chi connectivity index (χ0v) is 24.7. The molecule has 2 fully saturated rings. The Morgan fingerprint density at radius 1 is 0.780 bits per heavy atom. The summed E-state index contributed by atoms with van der Waals surface area (Å²) in [6.45, 7) is 13.8. The van der Waals surface area contributed by atoms with Gasteiger partial charge in [0.05, 0.1) is 5.52 Å². The average Bonchev–Trinajstić information content (AvgIpc) is 3.76. The largest absolute Gasteiger partial charge is 0.492 e. The van der Waals surface area contributed by atoms with Crippen LogP contribution in [0, 0.1) is 0 Å². The van der Waals surface area contributed by atoms with E-state index in [1.54, 1.807) is 6.20 Å². The van der Waals surface area contributed by atoms with Crippen LogP contribution in [0.1, 0.15) is 46.5 Å². The molecule has 0 bridgehead atoms. The highest BCUT2D eigenvalue weighted by Gasteiger charge is 2.20. The Balaban J connectivity index is 0.000000174. The summed E-state index contributed by atoms with van der Waals surface area (Å²) in [5.41, 5.74) is 1.43. The molecule has 220 valence electrons. The fourth-order valence-corrected chi connectivity index (χ4v) is 5.50. The van der Waals surface area contributed by atoms with Gasteiger partial charge in [-0.05, 0) is 109 Å². The number of aromatic nitrogens is 2. The van der Waals surface area contributed by atoms with Crippen LogP contribution in [0.25, 0.3) is 21.8 Å². The van der Waals surface area contributed by atoms with Crippen LogP contribution in [0.4, 0.5) is 4.79 Å². The Morgan fingerprint density at radius 2 is 1.37 bits per heavy atom. The number of aromatic amines is 1. The van der Waals surface area contributed by atoms with Gasteiger partial charge in [0.15, 0.2) is 0 Å². The summed E-state index contributed by atoms with van der Waals surface area (Å²) in [6, 6.07) is 15.9. The fraction of sp³-hybridized carbons (Fsp3) is 0.485. The number of likely N-dealkylation sites (tertiary alicyclic amines) is 2. The van der Waals surface area contributed by atoms with Crippen molar-refractivity contribution < 1.29 is 19.0 Å². The third-order valence-corrected chi connectivity index (χ3v) is 7.57. The summed E-state index contributed by atoms with van der Waals surface area (Å²) >= 11 is 0. The van der Waals surface area contributed by atoms with E-state index < -0.39 is 5.60 Å². The lowest BCUT2D eigenvalue weighted by molar-refractivity contribution is 0.0544. The van der Waals surface area contributed by atoms with Crippen LogP contribution in [0.3, 0.4) is 0 Å². The number of ether oxygens (including phenoxy) is 3. The highest BCUT2D eigenvalue weighted by Crippen LogP contribution is 2.28. The lowest BCUT2D eigenvalue weighted by Crippen LogP contribution is -2.26. The molecule has 0 radical (unpaired) electrons. The molecule has 2 aromatic carbocycles. The van der Waals surface area contributed by atoms with Gasteiger partial charge in [0.25, 0.3) is 0 Å². The first kappa shape index (κ1) is 29.0. The highest BCUT2D eigenvalue weighted by molar-refractivity contribution is 5.93. The maximum atomic E-state index is 12.3. The first-order chi connectivity index (χ1) is 19.9. The molecule has 2 aliphatic rings. The number of fused-ring (bicyclic) bond motifs is 2. The maximum Gasteiger partial charge on any atom is 0.418 e. The predicted octanol–water partition coefficient (Wildman–Crippen LogP) is 6.54. The summed E-state index contributed by atoms with van der Waals surface area (Å²) in [6.07, 6.45) is 8.58. The SMILES string of the molecule is CC(C)(C)OC(=O)n1ccc2c(OCCN3CCCC3)cccc21.c1cc(OCCN2CCCC2)c2cc[nH]c2c1. The molecule has 2 aliphatic heterocycles. The van der Waals surface area contributed by atoms with Crippen LogP contribution < -0.4 is 9.47 Å². The number of carbonyl (C=O) groups is 1. The Bertz CT molecular complexity index is 1410. The number of rotatable bonds is 8. The number of H-pyrrole nitrogens is 1. The molecule has 0 unspecified atom stereocenters. The van der Waals surface area contributed by atoms with Gasteiger partial charge < -0.3 is 19.2 Å². The van der Waals surface area contributed by atoms with E-state index in [1.807, 2.05) is 63.4 Å². The van der Waals surface area contributed by atoms with Crippen molar-refractivity contribution in [1.29, 1.82) is 0 Å².